The van der Waals surface area contributed by atoms with E-state index in [1.807, 2.05) is 6.92 Å². The lowest BCUT2D eigenvalue weighted by Crippen LogP contribution is -2.66. The van der Waals surface area contributed by atoms with Gasteiger partial charge in [0.05, 0.1) is 18.7 Å². The van der Waals surface area contributed by atoms with E-state index < -0.39 is 17.1 Å². The topological polar surface area (TPSA) is 69.6 Å². The zero-order valence-corrected chi connectivity index (χ0v) is 11.9. The van der Waals surface area contributed by atoms with Crippen LogP contribution in [0.2, 0.25) is 0 Å². The maximum absolute atomic E-state index is 12.0. The second-order valence-electron chi connectivity index (χ2n) is 6.22. The maximum atomic E-state index is 12.0. The van der Waals surface area contributed by atoms with Crippen LogP contribution in [-0.2, 0) is 9.59 Å². The summed E-state index contributed by atoms with van der Waals surface area (Å²) in [4.78, 5) is 25.3. The highest BCUT2D eigenvalue weighted by atomic mass is 16.3. The van der Waals surface area contributed by atoms with Crippen LogP contribution in [0.5, 0.6) is 0 Å². The van der Waals surface area contributed by atoms with E-state index in [-0.39, 0.29) is 11.8 Å². The first-order valence-electron chi connectivity index (χ1n) is 6.41. The molecule has 5 heteroatoms. The van der Waals surface area contributed by atoms with Crippen molar-refractivity contribution in [2.24, 2.45) is 5.41 Å². The molecule has 1 aliphatic rings. The van der Waals surface area contributed by atoms with E-state index in [0.717, 1.165) is 0 Å². The fraction of sp³-hybridized carbons (Fsp3) is 0.846. The van der Waals surface area contributed by atoms with Gasteiger partial charge in [0, 0.05) is 5.41 Å². The summed E-state index contributed by atoms with van der Waals surface area (Å²) in [5.74, 6) is -0.277. The number of β-amino-alcohol motifs (C(OH)–C–C–N with tert-alkyl or cyclic N) is 1. The molecular formula is C13H24N2O3. The van der Waals surface area contributed by atoms with Gasteiger partial charge in [0.15, 0.2) is 0 Å². The highest BCUT2D eigenvalue weighted by molar-refractivity contribution is 5.89. The first-order valence-corrected chi connectivity index (χ1v) is 6.41. The van der Waals surface area contributed by atoms with E-state index in [0.29, 0.717) is 19.5 Å². The molecule has 1 fully saturated rings. The quantitative estimate of drug-likeness (QED) is 0.773. The van der Waals surface area contributed by atoms with E-state index in [9.17, 15) is 14.7 Å². The number of carbonyl (C=O) groups is 2. The van der Waals surface area contributed by atoms with Gasteiger partial charge < -0.3 is 15.3 Å². The van der Waals surface area contributed by atoms with Crippen LogP contribution in [0.25, 0.3) is 0 Å². The van der Waals surface area contributed by atoms with Crippen molar-refractivity contribution in [3.63, 3.8) is 0 Å². The van der Waals surface area contributed by atoms with Crippen molar-refractivity contribution in [1.82, 2.24) is 10.2 Å². The molecule has 0 aliphatic carbocycles. The van der Waals surface area contributed by atoms with Crippen LogP contribution >= 0.6 is 0 Å². The zero-order chi connectivity index (χ0) is 14.1. The monoisotopic (exact) mass is 256 g/mol. The van der Waals surface area contributed by atoms with Crippen LogP contribution < -0.4 is 5.32 Å². The van der Waals surface area contributed by atoms with Crippen LogP contribution in [0, 0.1) is 5.41 Å². The van der Waals surface area contributed by atoms with Crippen LogP contribution in [0.3, 0.4) is 0 Å². The van der Waals surface area contributed by atoms with Crippen LogP contribution in [0.4, 0.5) is 0 Å². The second-order valence-corrected chi connectivity index (χ2v) is 6.22. The largest absolute Gasteiger partial charge is 0.386 e. The number of hydrogen-bond donors (Lipinski definition) is 2. The minimum absolute atomic E-state index is 0.134. The van der Waals surface area contributed by atoms with Gasteiger partial charge >= 0.3 is 0 Å². The molecule has 0 aromatic rings. The lowest BCUT2D eigenvalue weighted by Gasteiger charge is -2.47. The number of aliphatic hydroxyl groups is 1. The van der Waals surface area contributed by atoms with Crippen molar-refractivity contribution in [2.45, 2.75) is 52.7 Å². The van der Waals surface area contributed by atoms with E-state index in [4.69, 9.17) is 0 Å². The molecule has 0 radical (unpaired) electrons. The summed E-state index contributed by atoms with van der Waals surface area (Å²) >= 11 is 0. The average Bonchev–Trinajstić information content (AvgIpc) is 2.22. The van der Waals surface area contributed by atoms with Gasteiger partial charge in [-0.25, -0.2) is 0 Å². The highest BCUT2D eigenvalue weighted by Gasteiger charge is 2.43. The smallest absolute Gasteiger partial charge is 0.245 e. The molecule has 1 heterocycles. The van der Waals surface area contributed by atoms with Gasteiger partial charge in [0.1, 0.15) is 6.04 Å². The van der Waals surface area contributed by atoms with Gasteiger partial charge in [-0.1, -0.05) is 27.7 Å². The van der Waals surface area contributed by atoms with Crippen LogP contribution in [0.15, 0.2) is 0 Å². The minimum atomic E-state index is -0.733. The summed E-state index contributed by atoms with van der Waals surface area (Å²) in [6.07, 6.45) is 0.638. The third-order valence-electron chi connectivity index (χ3n) is 3.34. The Balaban J connectivity index is 2.47. The highest BCUT2D eigenvalue weighted by Crippen LogP contribution is 2.24. The molecule has 1 unspecified atom stereocenters. The number of likely N-dealkylation sites (tertiary alicyclic amines) is 1. The van der Waals surface area contributed by atoms with Crippen LogP contribution in [-0.4, -0.2) is 46.6 Å². The van der Waals surface area contributed by atoms with Gasteiger partial charge in [-0.2, -0.15) is 0 Å². The van der Waals surface area contributed by atoms with Gasteiger partial charge in [-0.15, -0.1) is 0 Å². The summed E-state index contributed by atoms with van der Waals surface area (Å²) in [6.45, 7) is 9.70. The molecule has 1 rings (SSSR count). The first kappa shape index (κ1) is 15.0. The Morgan fingerprint density at radius 1 is 1.39 bits per heavy atom. The van der Waals surface area contributed by atoms with E-state index in [2.05, 4.69) is 5.32 Å². The molecule has 1 saturated heterocycles. The Kier molecular flexibility index (Phi) is 4.05. The Bertz CT molecular complexity index is 341. The van der Waals surface area contributed by atoms with Crippen molar-refractivity contribution in [3.8, 4) is 0 Å². The Morgan fingerprint density at radius 2 is 1.89 bits per heavy atom. The van der Waals surface area contributed by atoms with Crippen LogP contribution in [0.1, 0.15) is 41.0 Å². The molecule has 1 atom stereocenters. The van der Waals surface area contributed by atoms with Gasteiger partial charge in [0.25, 0.3) is 0 Å². The summed E-state index contributed by atoms with van der Waals surface area (Å²) in [5.41, 5.74) is -1.24. The molecular weight excluding hydrogens is 232 g/mol. The summed E-state index contributed by atoms with van der Waals surface area (Å²) in [5, 5.41) is 12.6. The standard InChI is InChI=1S/C13H24N2O3/c1-6-13(18)7-15(8-13)10(16)9(2)14-11(17)12(3,4)5/h9,18H,6-8H2,1-5H3,(H,14,17). The molecule has 0 bridgehead atoms. The SMILES string of the molecule is CCC1(O)CN(C(=O)C(C)NC(=O)C(C)(C)C)C1. The molecule has 0 spiro atoms. The molecule has 18 heavy (non-hydrogen) atoms. The molecule has 2 amide bonds. The van der Waals surface area contributed by atoms with Crippen molar-refractivity contribution in [1.29, 1.82) is 0 Å². The number of rotatable bonds is 3. The first-order chi connectivity index (χ1) is 8.09. The van der Waals surface area contributed by atoms with Gasteiger partial charge in [-0.3, -0.25) is 9.59 Å². The van der Waals surface area contributed by atoms with E-state index >= 15 is 0 Å². The fourth-order valence-electron chi connectivity index (χ4n) is 1.79. The summed E-state index contributed by atoms with van der Waals surface area (Å²) in [6, 6.07) is -0.543. The predicted octanol–water partition coefficient (Wildman–Crippen LogP) is 0.520. The maximum Gasteiger partial charge on any atom is 0.245 e. The number of amides is 2. The molecule has 0 saturated carbocycles. The van der Waals surface area contributed by atoms with Crippen molar-refractivity contribution in [3.05, 3.63) is 0 Å². The second kappa shape index (κ2) is 4.88. The summed E-state index contributed by atoms with van der Waals surface area (Å²) < 4.78 is 0. The molecule has 2 N–H and O–H groups in total. The Labute approximate surface area is 109 Å². The number of nitrogens with one attached hydrogen (secondary N) is 1. The Morgan fingerprint density at radius 3 is 2.28 bits per heavy atom. The Hall–Kier alpha value is -1.10. The van der Waals surface area contributed by atoms with Gasteiger partial charge in [-0.05, 0) is 13.3 Å². The van der Waals surface area contributed by atoms with Crippen molar-refractivity contribution < 1.29 is 14.7 Å². The van der Waals surface area contributed by atoms with Gasteiger partial charge in [0.2, 0.25) is 11.8 Å². The number of carbonyl (C=O) groups excluding carboxylic acids is 2. The fourth-order valence-corrected chi connectivity index (χ4v) is 1.79. The third kappa shape index (κ3) is 3.22. The van der Waals surface area contributed by atoms with Crippen molar-refractivity contribution >= 4 is 11.8 Å². The molecule has 0 aromatic heterocycles. The molecule has 0 aromatic carbocycles. The molecule has 104 valence electrons. The minimum Gasteiger partial charge on any atom is -0.386 e. The van der Waals surface area contributed by atoms with Crippen molar-refractivity contribution in [2.75, 3.05) is 13.1 Å². The predicted molar refractivity (Wildman–Crippen MR) is 68.9 cm³/mol. The summed E-state index contributed by atoms with van der Waals surface area (Å²) in [7, 11) is 0. The lowest BCUT2D eigenvalue weighted by molar-refractivity contribution is -0.158. The number of hydrogen-bond acceptors (Lipinski definition) is 3. The zero-order valence-electron chi connectivity index (χ0n) is 11.9. The normalized spacial score (nSPS) is 20.0. The lowest BCUT2D eigenvalue weighted by atomic mass is 9.90. The number of nitrogens with zero attached hydrogens (tertiary/aromatic N) is 1. The molecule has 1 aliphatic heterocycles. The average molecular weight is 256 g/mol. The molecule has 5 nitrogen and oxygen atoms in total. The third-order valence-corrected chi connectivity index (χ3v) is 3.34. The van der Waals surface area contributed by atoms with E-state index in [1.165, 1.54) is 0 Å². The van der Waals surface area contributed by atoms with E-state index in [1.54, 1.807) is 32.6 Å².